The predicted molar refractivity (Wildman–Crippen MR) is 62.4 cm³/mol. The van der Waals surface area contributed by atoms with E-state index in [1.165, 1.54) is 0 Å². The van der Waals surface area contributed by atoms with Crippen molar-refractivity contribution in [1.82, 2.24) is 5.32 Å². The molecule has 16 heavy (non-hydrogen) atoms. The van der Waals surface area contributed by atoms with E-state index in [9.17, 15) is 4.79 Å². The third-order valence-corrected chi connectivity index (χ3v) is 2.12. The van der Waals surface area contributed by atoms with E-state index >= 15 is 0 Å². The summed E-state index contributed by atoms with van der Waals surface area (Å²) in [6, 6.07) is 5.33. The van der Waals surface area contributed by atoms with Crippen molar-refractivity contribution in [2.24, 2.45) is 0 Å². The maximum absolute atomic E-state index is 11.9. The molecule has 1 N–H and O–H groups in total. The Bertz CT molecular complexity index is 363. The first-order chi connectivity index (χ1) is 7.74. The van der Waals surface area contributed by atoms with E-state index in [1.807, 2.05) is 6.92 Å². The maximum atomic E-state index is 11.9. The molecule has 1 rings (SSSR count). The van der Waals surface area contributed by atoms with Crippen LogP contribution in [-0.4, -0.2) is 33.1 Å². The molecule has 0 aromatic heterocycles. The number of likely N-dealkylation sites (N-methyl/N-ethyl adjacent to an activating group) is 1. The van der Waals surface area contributed by atoms with Crippen LogP contribution in [-0.2, 0) is 0 Å². The van der Waals surface area contributed by atoms with Crippen molar-refractivity contribution in [3.63, 3.8) is 0 Å². The van der Waals surface area contributed by atoms with Crippen LogP contribution in [0.15, 0.2) is 18.2 Å². The van der Waals surface area contributed by atoms with Crippen molar-refractivity contribution >= 4 is 5.78 Å². The van der Waals surface area contributed by atoms with Crippen molar-refractivity contribution in [3.05, 3.63) is 23.8 Å². The molecule has 0 atom stereocenters. The normalized spacial score (nSPS) is 9.94. The van der Waals surface area contributed by atoms with Gasteiger partial charge < -0.3 is 14.8 Å². The first kappa shape index (κ1) is 12.5. The second kappa shape index (κ2) is 6.12. The molecular formula is C12H17NO3. The van der Waals surface area contributed by atoms with Gasteiger partial charge in [-0.2, -0.15) is 0 Å². The number of ether oxygens (including phenoxy) is 2. The molecule has 0 radical (unpaired) electrons. The van der Waals surface area contributed by atoms with Crippen LogP contribution in [0.5, 0.6) is 11.5 Å². The molecule has 1 aromatic rings. The number of Topliss-reactive ketones (excluding diaryl/α,β-unsaturated/α-hetero) is 1. The summed E-state index contributed by atoms with van der Waals surface area (Å²) in [5, 5.41) is 2.83. The average Bonchev–Trinajstić information content (AvgIpc) is 2.29. The summed E-state index contributed by atoms with van der Waals surface area (Å²) in [4.78, 5) is 11.9. The van der Waals surface area contributed by atoms with Crippen LogP contribution in [0.25, 0.3) is 0 Å². The largest absolute Gasteiger partial charge is 0.496 e. The molecule has 0 aliphatic rings. The van der Waals surface area contributed by atoms with Crippen LogP contribution in [0.2, 0.25) is 0 Å². The molecule has 0 spiro atoms. The van der Waals surface area contributed by atoms with E-state index in [1.54, 1.807) is 32.4 Å². The zero-order valence-corrected chi connectivity index (χ0v) is 9.87. The van der Waals surface area contributed by atoms with E-state index in [4.69, 9.17) is 9.47 Å². The Morgan fingerprint density at radius 3 is 2.62 bits per heavy atom. The average molecular weight is 223 g/mol. The summed E-state index contributed by atoms with van der Waals surface area (Å²) in [7, 11) is 3.27. The van der Waals surface area contributed by atoms with Crippen LogP contribution in [0, 0.1) is 0 Å². The lowest BCUT2D eigenvalue weighted by Crippen LogP contribution is -2.20. The van der Waals surface area contributed by atoms with Crippen LogP contribution in [0.3, 0.4) is 0 Å². The molecule has 0 bridgehead atoms. The van der Waals surface area contributed by atoms with Gasteiger partial charge in [0.1, 0.15) is 17.1 Å². The fourth-order valence-corrected chi connectivity index (χ4v) is 1.48. The number of carbonyl (C=O) groups is 1. The van der Waals surface area contributed by atoms with E-state index < -0.39 is 0 Å². The van der Waals surface area contributed by atoms with E-state index in [-0.39, 0.29) is 12.3 Å². The first-order valence-corrected chi connectivity index (χ1v) is 5.22. The van der Waals surface area contributed by atoms with Crippen molar-refractivity contribution in [1.29, 1.82) is 0 Å². The summed E-state index contributed by atoms with van der Waals surface area (Å²) in [6.07, 6.45) is 0. The van der Waals surface area contributed by atoms with Gasteiger partial charge in [0.25, 0.3) is 0 Å². The van der Waals surface area contributed by atoms with Gasteiger partial charge in [-0.25, -0.2) is 0 Å². The highest BCUT2D eigenvalue weighted by atomic mass is 16.5. The van der Waals surface area contributed by atoms with Crippen molar-refractivity contribution in [3.8, 4) is 11.5 Å². The van der Waals surface area contributed by atoms with Gasteiger partial charge in [-0.15, -0.1) is 0 Å². The molecular weight excluding hydrogens is 206 g/mol. The van der Waals surface area contributed by atoms with Crippen molar-refractivity contribution in [2.75, 3.05) is 27.3 Å². The Balaban J connectivity index is 3.13. The summed E-state index contributed by atoms with van der Waals surface area (Å²) >= 11 is 0. The number of rotatable bonds is 6. The second-order valence-electron chi connectivity index (χ2n) is 3.22. The minimum absolute atomic E-state index is 0.0385. The molecule has 0 aliphatic carbocycles. The van der Waals surface area contributed by atoms with E-state index in [0.717, 1.165) is 0 Å². The summed E-state index contributed by atoms with van der Waals surface area (Å²) in [5.41, 5.74) is 0.501. The Labute approximate surface area is 95.6 Å². The molecule has 0 fully saturated rings. The molecule has 0 heterocycles. The second-order valence-corrected chi connectivity index (χ2v) is 3.22. The Morgan fingerprint density at radius 1 is 1.38 bits per heavy atom. The van der Waals surface area contributed by atoms with E-state index in [2.05, 4.69) is 5.32 Å². The lowest BCUT2D eigenvalue weighted by atomic mass is 10.1. The van der Waals surface area contributed by atoms with Gasteiger partial charge in [0.2, 0.25) is 0 Å². The van der Waals surface area contributed by atoms with Crippen molar-refractivity contribution in [2.45, 2.75) is 6.92 Å². The highest BCUT2D eigenvalue weighted by Gasteiger charge is 2.17. The third kappa shape index (κ3) is 2.73. The number of methoxy groups -OCH3 is 1. The Hall–Kier alpha value is -1.55. The standard InChI is InChI=1S/C12H17NO3/c1-4-16-11-7-5-6-10(15-3)12(11)9(14)8-13-2/h5-7,13H,4,8H2,1-3H3. The quantitative estimate of drug-likeness (QED) is 0.742. The van der Waals surface area contributed by atoms with Gasteiger partial charge in [0.05, 0.1) is 20.3 Å². The number of hydrogen-bond acceptors (Lipinski definition) is 4. The SMILES string of the molecule is CCOc1cccc(OC)c1C(=O)CNC. The van der Waals surface area contributed by atoms with Gasteiger partial charge in [0.15, 0.2) is 5.78 Å². The molecule has 4 heteroatoms. The fourth-order valence-electron chi connectivity index (χ4n) is 1.48. The van der Waals surface area contributed by atoms with Gasteiger partial charge in [-0.1, -0.05) is 6.07 Å². The Kier molecular flexibility index (Phi) is 4.79. The molecule has 0 unspecified atom stereocenters. The van der Waals surface area contributed by atoms with Crippen LogP contribution in [0.1, 0.15) is 17.3 Å². The maximum Gasteiger partial charge on any atom is 0.184 e. The zero-order valence-electron chi connectivity index (χ0n) is 9.87. The third-order valence-electron chi connectivity index (χ3n) is 2.12. The summed E-state index contributed by atoms with van der Waals surface area (Å²) < 4.78 is 10.6. The smallest absolute Gasteiger partial charge is 0.184 e. The fraction of sp³-hybridized carbons (Fsp3) is 0.417. The van der Waals surface area contributed by atoms with Crippen LogP contribution < -0.4 is 14.8 Å². The molecule has 88 valence electrons. The highest BCUT2D eigenvalue weighted by Crippen LogP contribution is 2.28. The highest BCUT2D eigenvalue weighted by molar-refractivity contribution is 6.02. The lowest BCUT2D eigenvalue weighted by molar-refractivity contribution is 0.0987. The molecule has 1 aromatic carbocycles. The van der Waals surface area contributed by atoms with Gasteiger partial charge in [-0.05, 0) is 26.1 Å². The zero-order chi connectivity index (χ0) is 12.0. The minimum Gasteiger partial charge on any atom is -0.496 e. The molecule has 0 saturated carbocycles. The number of benzene rings is 1. The lowest BCUT2D eigenvalue weighted by Gasteiger charge is -2.12. The van der Waals surface area contributed by atoms with Crippen LogP contribution in [0.4, 0.5) is 0 Å². The molecule has 0 aliphatic heterocycles. The number of nitrogens with one attached hydrogen (secondary N) is 1. The van der Waals surface area contributed by atoms with Crippen molar-refractivity contribution < 1.29 is 14.3 Å². The minimum atomic E-state index is -0.0385. The topological polar surface area (TPSA) is 47.6 Å². The van der Waals surface area contributed by atoms with E-state index in [0.29, 0.717) is 23.7 Å². The number of hydrogen-bond donors (Lipinski definition) is 1. The molecule has 0 saturated heterocycles. The van der Waals surface area contributed by atoms with Gasteiger partial charge in [-0.3, -0.25) is 4.79 Å². The number of ketones is 1. The number of carbonyl (C=O) groups excluding carboxylic acids is 1. The van der Waals surface area contributed by atoms with Gasteiger partial charge in [0, 0.05) is 0 Å². The molecule has 0 amide bonds. The molecule has 4 nitrogen and oxygen atoms in total. The van der Waals surface area contributed by atoms with Gasteiger partial charge >= 0.3 is 0 Å². The monoisotopic (exact) mass is 223 g/mol. The first-order valence-electron chi connectivity index (χ1n) is 5.22. The van der Waals surface area contributed by atoms with Crippen LogP contribution >= 0.6 is 0 Å². The summed E-state index contributed by atoms with van der Waals surface area (Å²) in [5.74, 6) is 1.08. The predicted octanol–water partition coefficient (Wildman–Crippen LogP) is 1.50. The Morgan fingerprint density at radius 2 is 2.06 bits per heavy atom. The summed E-state index contributed by atoms with van der Waals surface area (Å²) in [6.45, 7) is 2.67.